The highest BCUT2D eigenvalue weighted by molar-refractivity contribution is 5.07. The Morgan fingerprint density at radius 1 is 1.28 bits per heavy atom. The van der Waals surface area contributed by atoms with E-state index < -0.39 is 0 Å². The normalized spacial score (nSPS) is 23.5. The van der Waals surface area contributed by atoms with Gasteiger partial charge < -0.3 is 9.15 Å². The molecule has 2 aromatic rings. The average Bonchev–Trinajstić information content (AvgIpc) is 3.29. The summed E-state index contributed by atoms with van der Waals surface area (Å²) in [5.74, 6) is 0. The maximum atomic E-state index is 6.33. The van der Waals surface area contributed by atoms with E-state index in [-0.39, 0.29) is 5.60 Å². The van der Waals surface area contributed by atoms with Gasteiger partial charge >= 0.3 is 0 Å². The number of furan rings is 1. The van der Waals surface area contributed by atoms with Crippen LogP contribution in [0.15, 0.2) is 47.4 Å². The lowest BCUT2D eigenvalue weighted by Gasteiger charge is -2.38. The third kappa shape index (κ3) is 3.94. The Bertz CT molecular complexity index is 651. The Labute approximate surface area is 149 Å². The van der Waals surface area contributed by atoms with Crippen LogP contribution in [0.25, 0.3) is 0 Å². The number of nitrogens with zero attached hydrogens (tertiary/aromatic N) is 3. The van der Waals surface area contributed by atoms with Gasteiger partial charge in [0.1, 0.15) is 0 Å². The van der Waals surface area contributed by atoms with E-state index in [2.05, 4.69) is 40.0 Å². The lowest BCUT2D eigenvalue weighted by atomic mass is 9.87. The van der Waals surface area contributed by atoms with Crippen molar-refractivity contribution in [2.24, 2.45) is 0 Å². The quantitative estimate of drug-likeness (QED) is 0.836. The number of likely N-dealkylation sites (N-methyl/N-ethyl adjacent to an activating group) is 1. The predicted molar refractivity (Wildman–Crippen MR) is 96.0 cm³/mol. The van der Waals surface area contributed by atoms with E-state index in [1.54, 1.807) is 6.26 Å². The maximum absolute atomic E-state index is 6.33. The van der Waals surface area contributed by atoms with Gasteiger partial charge in [-0.1, -0.05) is 6.07 Å². The van der Waals surface area contributed by atoms with Crippen LogP contribution in [-0.2, 0) is 17.8 Å². The second kappa shape index (κ2) is 7.28. The third-order valence-corrected chi connectivity index (χ3v) is 5.70. The summed E-state index contributed by atoms with van der Waals surface area (Å²) in [6.45, 7) is 4.90. The van der Waals surface area contributed by atoms with Crippen molar-refractivity contribution in [1.82, 2.24) is 14.8 Å². The highest BCUT2D eigenvalue weighted by atomic mass is 16.5. The fraction of sp³-hybridized carbons (Fsp3) is 0.550. The Morgan fingerprint density at radius 2 is 2.16 bits per heavy atom. The van der Waals surface area contributed by atoms with Crippen LogP contribution in [0.2, 0.25) is 0 Å². The first kappa shape index (κ1) is 16.8. The summed E-state index contributed by atoms with van der Waals surface area (Å²) in [5, 5.41) is 0. The minimum atomic E-state index is 0.0793. The molecule has 2 fully saturated rings. The lowest BCUT2D eigenvalue weighted by molar-refractivity contribution is -0.0452. The number of likely N-dealkylation sites (tertiary alicyclic amines) is 1. The summed E-state index contributed by atoms with van der Waals surface area (Å²) < 4.78 is 11.5. The van der Waals surface area contributed by atoms with E-state index in [9.17, 15) is 0 Å². The van der Waals surface area contributed by atoms with Crippen LogP contribution < -0.4 is 0 Å². The fourth-order valence-electron chi connectivity index (χ4n) is 4.09. The van der Waals surface area contributed by atoms with Crippen molar-refractivity contribution in [3.05, 3.63) is 54.2 Å². The van der Waals surface area contributed by atoms with Gasteiger partial charge in [0.15, 0.2) is 0 Å². The summed E-state index contributed by atoms with van der Waals surface area (Å²) in [4.78, 5) is 9.34. The van der Waals surface area contributed by atoms with Crippen molar-refractivity contribution in [2.75, 3.05) is 26.7 Å². The van der Waals surface area contributed by atoms with E-state index >= 15 is 0 Å². The molecule has 5 heteroatoms. The highest BCUT2D eigenvalue weighted by Crippen LogP contribution is 2.37. The first-order valence-electron chi connectivity index (χ1n) is 9.20. The molecule has 0 amide bonds. The van der Waals surface area contributed by atoms with Crippen molar-refractivity contribution >= 4 is 0 Å². The topological polar surface area (TPSA) is 41.7 Å². The van der Waals surface area contributed by atoms with Crippen molar-refractivity contribution in [3.8, 4) is 0 Å². The summed E-state index contributed by atoms with van der Waals surface area (Å²) in [5.41, 5.74) is 2.47. The van der Waals surface area contributed by atoms with Crippen LogP contribution in [0.1, 0.15) is 30.5 Å². The molecule has 2 aromatic heterocycles. The fourth-order valence-corrected chi connectivity index (χ4v) is 4.09. The van der Waals surface area contributed by atoms with Gasteiger partial charge in [-0.15, -0.1) is 0 Å². The number of hydrogen-bond acceptors (Lipinski definition) is 5. The minimum Gasteiger partial charge on any atom is -0.472 e. The van der Waals surface area contributed by atoms with Crippen LogP contribution in [0.4, 0.5) is 0 Å². The molecule has 4 rings (SSSR count). The largest absolute Gasteiger partial charge is 0.472 e. The Balaban J connectivity index is 1.28. The molecule has 5 nitrogen and oxygen atoms in total. The van der Waals surface area contributed by atoms with Gasteiger partial charge in [-0.05, 0) is 44.5 Å². The molecule has 4 heterocycles. The van der Waals surface area contributed by atoms with E-state index in [1.807, 2.05) is 18.5 Å². The van der Waals surface area contributed by atoms with Gasteiger partial charge in [0.05, 0.1) is 30.4 Å². The van der Waals surface area contributed by atoms with E-state index in [4.69, 9.17) is 9.15 Å². The zero-order valence-corrected chi connectivity index (χ0v) is 14.9. The molecule has 0 N–H and O–H groups in total. The zero-order chi connectivity index (χ0) is 17.1. The molecular weight excluding hydrogens is 314 g/mol. The van der Waals surface area contributed by atoms with E-state index in [0.29, 0.717) is 6.04 Å². The molecule has 25 heavy (non-hydrogen) atoms. The number of ether oxygens (including phenoxy) is 1. The smallest absolute Gasteiger partial charge is 0.0947 e. The molecule has 0 aromatic carbocycles. The number of piperidine rings is 1. The molecule has 0 radical (unpaired) electrons. The van der Waals surface area contributed by atoms with Crippen LogP contribution in [-0.4, -0.2) is 53.2 Å². The van der Waals surface area contributed by atoms with Gasteiger partial charge in [-0.2, -0.15) is 0 Å². The van der Waals surface area contributed by atoms with Crippen LogP contribution in [0.5, 0.6) is 0 Å². The number of hydrogen-bond donors (Lipinski definition) is 0. The summed E-state index contributed by atoms with van der Waals surface area (Å²) in [6, 6.07) is 8.66. The highest BCUT2D eigenvalue weighted by Gasteiger charge is 2.43. The molecule has 0 bridgehead atoms. The van der Waals surface area contributed by atoms with Gasteiger partial charge in [-0.3, -0.25) is 14.8 Å². The second-order valence-electron chi connectivity index (χ2n) is 7.50. The lowest BCUT2D eigenvalue weighted by Crippen LogP contribution is -2.44. The van der Waals surface area contributed by atoms with Crippen LogP contribution >= 0.6 is 0 Å². The zero-order valence-electron chi connectivity index (χ0n) is 14.9. The molecule has 0 unspecified atom stereocenters. The Hall–Kier alpha value is -1.69. The second-order valence-corrected chi connectivity index (χ2v) is 7.50. The molecule has 0 aliphatic carbocycles. The molecule has 2 saturated heterocycles. The van der Waals surface area contributed by atoms with E-state index in [1.165, 1.54) is 5.56 Å². The van der Waals surface area contributed by atoms with Gasteiger partial charge in [-0.25, -0.2) is 0 Å². The van der Waals surface area contributed by atoms with E-state index in [0.717, 1.165) is 57.7 Å². The van der Waals surface area contributed by atoms with Crippen molar-refractivity contribution in [2.45, 2.75) is 44.0 Å². The SMILES string of the molecule is CN(Cc1ccccn1)[C@H]1COC2(CCN(Cc3ccoc3)CC2)C1. The number of pyridine rings is 1. The molecule has 2 aliphatic heterocycles. The van der Waals surface area contributed by atoms with Gasteiger partial charge in [0.25, 0.3) is 0 Å². The van der Waals surface area contributed by atoms with Gasteiger partial charge in [0.2, 0.25) is 0 Å². The number of aromatic nitrogens is 1. The standard InChI is InChI=1S/C20H27N3O2/c1-22(14-18-4-2-3-8-21-18)19-12-20(25-16-19)6-9-23(10-7-20)13-17-5-11-24-15-17/h2-5,8,11,15,19H,6-7,9-10,12-14,16H2,1H3/t19-/m1/s1. The molecule has 134 valence electrons. The van der Waals surface area contributed by atoms with Crippen LogP contribution in [0, 0.1) is 0 Å². The first-order valence-corrected chi connectivity index (χ1v) is 9.20. The Morgan fingerprint density at radius 3 is 2.88 bits per heavy atom. The summed E-state index contributed by atoms with van der Waals surface area (Å²) in [6.07, 6.45) is 8.85. The van der Waals surface area contributed by atoms with Crippen molar-refractivity contribution in [1.29, 1.82) is 0 Å². The van der Waals surface area contributed by atoms with Crippen LogP contribution in [0.3, 0.4) is 0 Å². The molecular formula is C20H27N3O2. The molecule has 0 saturated carbocycles. The summed E-state index contributed by atoms with van der Waals surface area (Å²) >= 11 is 0. The predicted octanol–water partition coefficient (Wildman–Crippen LogP) is 2.93. The monoisotopic (exact) mass is 341 g/mol. The number of rotatable bonds is 5. The molecule has 1 atom stereocenters. The third-order valence-electron chi connectivity index (χ3n) is 5.70. The first-order chi connectivity index (χ1) is 12.2. The maximum Gasteiger partial charge on any atom is 0.0947 e. The molecule has 2 aliphatic rings. The minimum absolute atomic E-state index is 0.0793. The van der Waals surface area contributed by atoms with Gasteiger partial charge in [0, 0.05) is 44.0 Å². The summed E-state index contributed by atoms with van der Waals surface area (Å²) in [7, 11) is 2.19. The van der Waals surface area contributed by atoms with Crippen molar-refractivity contribution in [3.63, 3.8) is 0 Å². The molecule has 1 spiro atoms. The average molecular weight is 341 g/mol. The van der Waals surface area contributed by atoms with Crippen molar-refractivity contribution < 1.29 is 9.15 Å². The Kier molecular flexibility index (Phi) is 4.88.